The Morgan fingerprint density at radius 3 is 2.33 bits per heavy atom. The highest BCUT2D eigenvalue weighted by Crippen LogP contribution is 2.35. The zero-order chi connectivity index (χ0) is 15.6. The number of ether oxygens (including phenoxy) is 1. The molecule has 0 heterocycles. The van der Waals surface area contributed by atoms with Gasteiger partial charge in [0.15, 0.2) is 0 Å². The zero-order valence-electron chi connectivity index (χ0n) is 12.8. The molecule has 2 rings (SSSR count). The van der Waals surface area contributed by atoms with Crippen molar-refractivity contribution in [3.05, 3.63) is 46.5 Å². The van der Waals surface area contributed by atoms with E-state index in [2.05, 4.69) is 6.58 Å². The van der Waals surface area contributed by atoms with Crippen molar-refractivity contribution in [2.24, 2.45) is 0 Å². The third-order valence-corrected chi connectivity index (χ3v) is 3.79. The molecule has 0 spiro atoms. The van der Waals surface area contributed by atoms with Crippen LogP contribution in [0.5, 0.6) is 0 Å². The van der Waals surface area contributed by atoms with E-state index in [0.29, 0.717) is 36.3 Å². The van der Waals surface area contributed by atoms with E-state index in [1.807, 2.05) is 32.9 Å². The average Bonchev–Trinajstić information content (AvgIpc) is 2.51. The zero-order valence-corrected chi connectivity index (χ0v) is 12.8. The van der Waals surface area contributed by atoms with Gasteiger partial charge in [0.1, 0.15) is 5.76 Å². The Hall–Kier alpha value is -2.16. The molecule has 0 aliphatic heterocycles. The van der Waals surface area contributed by atoms with Crippen LogP contribution in [0.2, 0.25) is 0 Å². The first kappa shape index (κ1) is 15.2. The summed E-state index contributed by atoms with van der Waals surface area (Å²) in [6.45, 7) is 9.95. The van der Waals surface area contributed by atoms with E-state index in [-0.39, 0.29) is 0 Å². The molecule has 0 radical (unpaired) electrons. The molecule has 1 aromatic rings. The van der Waals surface area contributed by atoms with Gasteiger partial charge in [-0.05, 0) is 37.0 Å². The van der Waals surface area contributed by atoms with Crippen molar-refractivity contribution in [3.8, 4) is 0 Å². The fourth-order valence-corrected chi connectivity index (χ4v) is 2.83. The van der Waals surface area contributed by atoms with Crippen LogP contribution in [0.4, 0.5) is 0 Å². The summed E-state index contributed by atoms with van der Waals surface area (Å²) in [5.74, 6) is -0.305. The van der Waals surface area contributed by atoms with Crippen LogP contribution in [0.15, 0.2) is 24.3 Å². The molecule has 0 N–H and O–H groups in total. The van der Waals surface area contributed by atoms with E-state index >= 15 is 0 Å². The van der Waals surface area contributed by atoms with Crippen molar-refractivity contribution in [2.45, 2.75) is 33.6 Å². The van der Waals surface area contributed by atoms with Gasteiger partial charge in [0.25, 0.3) is 0 Å². The van der Waals surface area contributed by atoms with E-state index in [0.717, 1.165) is 16.7 Å². The summed E-state index contributed by atoms with van der Waals surface area (Å²) in [6, 6.07) is 3.79. The smallest absolute Gasteiger partial charge is 0.234 e. The monoisotopic (exact) mass is 284 g/mol. The molecule has 1 aliphatic rings. The van der Waals surface area contributed by atoms with Gasteiger partial charge in [-0.3, -0.25) is 9.59 Å². The Kier molecular flexibility index (Phi) is 4.41. The number of benzene rings is 1. The molecular weight excluding hydrogens is 264 g/mol. The van der Waals surface area contributed by atoms with Crippen LogP contribution in [0.3, 0.4) is 0 Å². The van der Waals surface area contributed by atoms with E-state index in [4.69, 9.17) is 4.74 Å². The summed E-state index contributed by atoms with van der Waals surface area (Å²) in [7, 11) is 0. The van der Waals surface area contributed by atoms with Crippen LogP contribution in [0.1, 0.15) is 54.2 Å². The van der Waals surface area contributed by atoms with Crippen molar-refractivity contribution in [1.29, 1.82) is 0 Å². The quantitative estimate of drug-likeness (QED) is 0.772. The van der Waals surface area contributed by atoms with Gasteiger partial charge in [-0.2, -0.15) is 0 Å². The predicted molar refractivity (Wildman–Crippen MR) is 84.1 cm³/mol. The van der Waals surface area contributed by atoms with Gasteiger partial charge in [-0.1, -0.05) is 32.6 Å². The number of allylic oxidation sites excluding steroid dienone is 1. The number of rotatable bonds is 5. The number of hydrogen-bond donors (Lipinski definition) is 0. The summed E-state index contributed by atoms with van der Waals surface area (Å²) < 4.78 is 5.69. The molecule has 3 heteroatoms. The minimum atomic E-state index is -0.440. The highest BCUT2D eigenvalue weighted by Gasteiger charge is 2.34. The van der Waals surface area contributed by atoms with Crippen molar-refractivity contribution < 1.29 is 14.3 Å². The van der Waals surface area contributed by atoms with Gasteiger partial charge in [0.2, 0.25) is 11.6 Å². The molecule has 0 amide bonds. The first-order valence-electron chi connectivity index (χ1n) is 7.34. The van der Waals surface area contributed by atoms with Crippen LogP contribution in [-0.2, 0) is 16.0 Å². The largest absolute Gasteiger partial charge is 0.493 e. The lowest BCUT2D eigenvalue weighted by Gasteiger charge is -2.24. The number of hydrogen-bond acceptors (Lipinski definition) is 3. The summed E-state index contributed by atoms with van der Waals surface area (Å²) in [5, 5.41) is 0. The molecule has 0 fully saturated rings. The standard InChI is InChI=1S/C18H20O3/c1-5-11-9-10-14-15(12(11)6-2)17(20)16(19)13(7-3)18(14)21-8-4/h5,9-10H,1,6-8H2,2-4H3. The van der Waals surface area contributed by atoms with Crippen LogP contribution >= 0.6 is 0 Å². The number of Topliss-reactive ketones (excluding diaryl/α,β-unsaturated/α-hetero) is 2. The SMILES string of the molecule is C=Cc1ccc2c(c1CC)C(=O)C(=O)C(CC)=C2OCC. The average molecular weight is 284 g/mol. The summed E-state index contributed by atoms with van der Waals surface area (Å²) >= 11 is 0. The van der Waals surface area contributed by atoms with E-state index in [1.165, 1.54) is 0 Å². The third-order valence-electron chi connectivity index (χ3n) is 3.79. The second kappa shape index (κ2) is 6.08. The fraction of sp³-hybridized carbons (Fsp3) is 0.333. The van der Waals surface area contributed by atoms with E-state index < -0.39 is 11.6 Å². The van der Waals surface area contributed by atoms with Gasteiger partial charge in [0, 0.05) is 16.7 Å². The highest BCUT2D eigenvalue weighted by molar-refractivity contribution is 6.52. The molecule has 1 aromatic carbocycles. The minimum absolute atomic E-state index is 0.425. The Bertz CT molecular complexity index is 651. The minimum Gasteiger partial charge on any atom is -0.493 e. The molecule has 0 aromatic heterocycles. The van der Waals surface area contributed by atoms with E-state index in [9.17, 15) is 9.59 Å². The third kappa shape index (κ3) is 2.33. The molecule has 1 aliphatic carbocycles. The van der Waals surface area contributed by atoms with Crippen molar-refractivity contribution in [2.75, 3.05) is 6.61 Å². The Morgan fingerprint density at radius 1 is 1.10 bits per heavy atom. The Labute approximate surface area is 125 Å². The molecule has 0 unspecified atom stereocenters. The molecule has 0 atom stereocenters. The van der Waals surface area contributed by atoms with Crippen LogP contribution < -0.4 is 0 Å². The molecule has 0 bridgehead atoms. The van der Waals surface area contributed by atoms with Crippen LogP contribution in [-0.4, -0.2) is 18.2 Å². The lowest BCUT2D eigenvalue weighted by atomic mass is 9.82. The van der Waals surface area contributed by atoms with Gasteiger partial charge >= 0.3 is 0 Å². The van der Waals surface area contributed by atoms with Crippen LogP contribution in [0.25, 0.3) is 11.8 Å². The predicted octanol–water partition coefficient (Wildman–Crippen LogP) is 3.82. The number of carbonyl (C=O) groups is 2. The van der Waals surface area contributed by atoms with Gasteiger partial charge in [-0.15, -0.1) is 0 Å². The molecule has 3 nitrogen and oxygen atoms in total. The number of carbonyl (C=O) groups excluding carboxylic acids is 2. The first-order chi connectivity index (χ1) is 10.1. The van der Waals surface area contributed by atoms with Crippen molar-refractivity contribution >= 4 is 23.4 Å². The normalized spacial score (nSPS) is 14.2. The maximum atomic E-state index is 12.5. The molecule has 0 saturated heterocycles. The second-order valence-electron chi connectivity index (χ2n) is 4.87. The first-order valence-corrected chi connectivity index (χ1v) is 7.34. The van der Waals surface area contributed by atoms with Gasteiger partial charge in [0.05, 0.1) is 6.61 Å². The van der Waals surface area contributed by atoms with Gasteiger partial charge in [-0.25, -0.2) is 0 Å². The van der Waals surface area contributed by atoms with Crippen LogP contribution in [0, 0.1) is 0 Å². The molecular formula is C18H20O3. The van der Waals surface area contributed by atoms with E-state index in [1.54, 1.807) is 6.08 Å². The second-order valence-corrected chi connectivity index (χ2v) is 4.87. The molecule has 21 heavy (non-hydrogen) atoms. The Morgan fingerprint density at radius 2 is 1.81 bits per heavy atom. The summed E-state index contributed by atoms with van der Waals surface area (Å²) in [5.41, 5.74) is 3.46. The maximum absolute atomic E-state index is 12.5. The van der Waals surface area contributed by atoms with Crippen molar-refractivity contribution in [3.63, 3.8) is 0 Å². The lowest BCUT2D eigenvalue weighted by Crippen LogP contribution is -2.26. The fourth-order valence-electron chi connectivity index (χ4n) is 2.83. The van der Waals surface area contributed by atoms with Gasteiger partial charge < -0.3 is 4.74 Å². The number of ketones is 2. The Balaban J connectivity index is 2.82. The maximum Gasteiger partial charge on any atom is 0.234 e. The highest BCUT2D eigenvalue weighted by atomic mass is 16.5. The summed E-state index contributed by atoms with van der Waals surface area (Å²) in [6.07, 6.45) is 2.88. The number of fused-ring (bicyclic) bond motifs is 1. The summed E-state index contributed by atoms with van der Waals surface area (Å²) in [4.78, 5) is 24.9. The molecule has 110 valence electrons. The lowest BCUT2D eigenvalue weighted by molar-refractivity contribution is -0.112. The molecule has 0 saturated carbocycles. The topological polar surface area (TPSA) is 43.4 Å². The van der Waals surface area contributed by atoms with Crippen molar-refractivity contribution in [1.82, 2.24) is 0 Å².